The summed E-state index contributed by atoms with van der Waals surface area (Å²) >= 11 is 0. The van der Waals surface area contributed by atoms with E-state index in [0.717, 1.165) is 13.8 Å². The Morgan fingerprint density at radius 3 is 2.00 bits per heavy atom. The molecule has 0 aromatic carbocycles. The van der Waals surface area contributed by atoms with Gasteiger partial charge in [-0.1, -0.05) is 10.3 Å². The summed E-state index contributed by atoms with van der Waals surface area (Å²) in [5.74, 6) is -1.62. The van der Waals surface area contributed by atoms with Crippen molar-refractivity contribution in [1.29, 1.82) is 0 Å². The predicted octanol–water partition coefficient (Wildman–Crippen LogP) is -1.86. The Morgan fingerprint density at radius 2 is 1.42 bits per heavy atom. The highest BCUT2D eigenvalue weighted by Crippen LogP contribution is 2.27. The Labute approximate surface area is 130 Å². The van der Waals surface area contributed by atoms with Gasteiger partial charge in [-0.25, -0.2) is 9.59 Å². The van der Waals surface area contributed by atoms with Crippen LogP contribution >= 0.6 is 0 Å². The molecule has 2 heterocycles. The van der Waals surface area contributed by atoms with E-state index in [-0.39, 0.29) is 32.6 Å². The Balaban J connectivity index is 2.27. The summed E-state index contributed by atoms with van der Waals surface area (Å²) in [6.45, 7) is 2.12. The van der Waals surface area contributed by atoms with E-state index in [4.69, 9.17) is 0 Å². The number of carbonyl (C=O) groups excluding carboxylic acids is 2. The number of nitrogens with zero attached hydrogens (tertiary/aromatic N) is 6. The Hall–Kier alpha value is -3.84. The Bertz CT molecular complexity index is 909. The normalized spacial score (nSPS) is 15.9. The molecule has 0 bridgehead atoms. The van der Waals surface area contributed by atoms with Crippen LogP contribution in [-0.2, 0) is 19.3 Å². The van der Waals surface area contributed by atoms with Crippen molar-refractivity contribution in [2.45, 2.75) is 13.8 Å². The molecule has 0 N–H and O–H groups in total. The molecule has 24 heavy (non-hydrogen) atoms. The molecule has 2 aromatic heterocycles. The molecule has 1 aliphatic rings. The minimum absolute atomic E-state index is 0.0530. The second-order valence-corrected chi connectivity index (χ2v) is 4.30. The smallest absolute Gasteiger partial charge is 0.332 e. The Kier molecular flexibility index (Phi) is 3.40. The van der Waals surface area contributed by atoms with Crippen LogP contribution in [0.15, 0.2) is 19.6 Å². The van der Waals surface area contributed by atoms with Gasteiger partial charge in [0.2, 0.25) is 0 Å². The van der Waals surface area contributed by atoms with E-state index < -0.39 is 23.3 Å². The van der Waals surface area contributed by atoms with Crippen LogP contribution in [0.2, 0.25) is 0 Å². The molecule has 1 aliphatic carbocycles. The molecule has 3 rings (SSSR count). The fraction of sp³-hybridized carbons (Fsp3) is 0.200. The maximum Gasteiger partial charge on any atom is 0.332 e. The van der Waals surface area contributed by atoms with Crippen LogP contribution in [0.5, 0.6) is 0 Å². The van der Waals surface area contributed by atoms with Gasteiger partial charge in [0.15, 0.2) is 11.4 Å². The highest BCUT2D eigenvalue weighted by Gasteiger charge is 2.47. The third kappa shape index (κ3) is 2.31. The summed E-state index contributed by atoms with van der Waals surface area (Å²) in [4.78, 5) is 30.8. The lowest BCUT2D eigenvalue weighted by Crippen LogP contribution is -2.39. The van der Waals surface area contributed by atoms with Crippen molar-refractivity contribution < 1.29 is 38.3 Å². The Morgan fingerprint density at radius 1 is 0.917 bits per heavy atom. The molecule has 0 spiro atoms. The van der Waals surface area contributed by atoms with E-state index in [1.807, 2.05) is 0 Å². The number of hydrogen-bond donors (Lipinski definition) is 0. The average molecular weight is 338 g/mol. The standard InChI is InChI=1S/C10H6N6O8/c1-3(17)21-11-5-6(12-22-4(2)18)9-8(14-24-15(9)19)10-7(5)13-23-16(10)20/h1-2H3. The maximum atomic E-state index is 11.8. The minimum atomic E-state index is -0.811. The fourth-order valence-electron chi connectivity index (χ4n) is 1.82. The van der Waals surface area contributed by atoms with E-state index in [1.165, 1.54) is 0 Å². The summed E-state index contributed by atoms with van der Waals surface area (Å²) in [5, 5.41) is 37.3. The summed E-state index contributed by atoms with van der Waals surface area (Å²) in [6.07, 6.45) is 0. The topological polar surface area (TPSA) is 183 Å². The molecule has 0 radical (unpaired) electrons. The summed E-state index contributed by atoms with van der Waals surface area (Å²) in [5.41, 5.74) is -2.04. The third-order valence-electron chi connectivity index (χ3n) is 2.65. The van der Waals surface area contributed by atoms with Gasteiger partial charge in [-0.2, -0.15) is 0 Å². The fourth-order valence-corrected chi connectivity index (χ4v) is 1.82. The van der Waals surface area contributed by atoms with Gasteiger partial charge in [0.05, 0.1) is 5.16 Å². The molecule has 0 aliphatic heterocycles. The summed E-state index contributed by atoms with van der Waals surface area (Å²) < 4.78 is 8.84. The van der Waals surface area contributed by atoms with Crippen LogP contribution in [0.4, 0.5) is 0 Å². The highest BCUT2D eigenvalue weighted by atomic mass is 16.8. The zero-order valence-electron chi connectivity index (χ0n) is 11.9. The molecule has 0 amide bonds. The van der Waals surface area contributed by atoms with Crippen molar-refractivity contribution in [1.82, 2.24) is 10.3 Å². The van der Waals surface area contributed by atoms with E-state index in [1.54, 1.807) is 0 Å². The van der Waals surface area contributed by atoms with E-state index in [9.17, 15) is 20.0 Å². The van der Waals surface area contributed by atoms with Gasteiger partial charge >= 0.3 is 17.6 Å². The quantitative estimate of drug-likeness (QED) is 0.342. The first-order valence-electron chi connectivity index (χ1n) is 6.12. The van der Waals surface area contributed by atoms with Gasteiger partial charge in [0, 0.05) is 19.0 Å². The molecule has 2 aromatic rings. The number of oxime groups is 2. The zero-order valence-corrected chi connectivity index (χ0v) is 11.9. The first-order chi connectivity index (χ1) is 11.4. The average Bonchev–Trinajstić information content (AvgIpc) is 3.07. The van der Waals surface area contributed by atoms with Crippen molar-refractivity contribution in [3.63, 3.8) is 0 Å². The van der Waals surface area contributed by atoms with E-state index in [0.29, 0.717) is 0 Å². The van der Waals surface area contributed by atoms with E-state index >= 15 is 0 Å². The van der Waals surface area contributed by atoms with Gasteiger partial charge < -0.3 is 20.1 Å². The SMILES string of the molecule is CC(=O)ON=C1C(=NOC(C)=O)c2c(no[n+]2[O-])-c2c1no[n+]2[O-]. The van der Waals surface area contributed by atoms with Crippen LogP contribution in [0.25, 0.3) is 11.4 Å². The van der Waals surface area contributed by atoms with Crippen molar-refractivity contribution in [2.24, 2.45) is 10.3 Å². The van der Waals surface area contributed by atoms with Crippen LogP contribution in [-0.4, -0.2) is 33.7 Å². The minimum Gasteiger partial charge on any atom is -0.359 e. The van der Waals surface area contributed by atoms with E-state index in [2.05, 4.69) is 39.6 Å². The predicted molar refractivity (Wildman–Crippen MR) is 66.5 cm³/mol. The van der Waals surface area contributed by atoms with Crippen molar-refractivity contribution in [3.8, 4) is 11.4 Å². The highest BCUT2D eigenvalue weighted by molar-refractivity contribution is 6.55. The monoisotopic (exact) mass is 338 g/mol. The van der Waals surface area contributed by atoms with Gasteiger partial charge in [0.1, 0.15) is 0 Å². The number of fused-ring (bicyclic) bond motifs is 3. The first-order valence-corrected chi connectivity index (χ1v) is 6.12. The van der Waals surface area contributed by atoms with Gasteiger partial charge in [-0.05, 0) is 9.81 Å². The summed E-state index contributed by atoms with van der Waals surface area (Å²) in [6, 6.07) is 0. The molecule has 0 saturated carbocycles. The molecular weight excluding hydrogens is 332 g/mol. The molecule has 14 heteroatoms. The molecule has 0 unspecified atom stereocenters. The van der Waals surface area contributed by atoms with Crippen LogP contribution < -0.4 is 9.81 Å². The zero-order chi connectivity index (χ0) is 17.4. The summed E-state index contributed by atoms with van der Waals surface area (Å²) in [7, 11) is 0. The molecule has 0 atom stereocenters. The molecule has 0 fully saturated rings. The van der Waals surface area contributed by atoms with Crippen molar-refractivity contribution in [3.05, 3.63) is 21.8 Å². The number of rotatable bonds is 2. The van der Waals surface area contributed by atoms with Crippen LogP contribution in [0.3, 0.4) is 0 Å². The second kappa shape index (κ2) is 5.41. The van der Waals surface area contributed by atoms with Crippen molar-refractivity contribution >= 4 is 23.4 Å². The molecule has 124 valence electrons. The number of aromatic nitrogens is 4. The lowest BCUT2D eigenvalue weighted by molar-refractivity contribution is -0.803. The molecular formula is C10H6N6O8. The maximum absolute atomic E-state index is 11.8. The third-order valence-corrected chi connectivity index (χ3v) is 2.65. The van der Waals surface area contributed by atoms with Crippen molar-refractivity contribution in [2.75, 3.05) is 0 Å². The lowest BCUT2D eigenvalue weighted by Gasteiger charge is -2.06. The largest absolute Gasteiger partial charge is 0.359 e. The van der Waals surface area contributed by atoms with Gasteiger partial charge in [-0.15, -0.1) is 0 Å². The van der Waals surface area contributed by atoms with Gasteiger partial charge in [-0.3, -0.25) is 9.26 Å². The molecule has 14 nitrogen and oxygen atoms in total. The van der Waals surface area contributed by atoms with Gasteiger partial charge in [0.25, 0.3) is 17.1 Å². The first kappa shape index (κ1) is 15.1. The number of hydrogen-bond acceptors (Lipinski definition) is 12. The number of carbonyl (C=O) groups is 2. The van der Waals surface area contributed by atoms with Crippen LogP contribution in [0.1, 0.15) is 25.2 Å². The second-order valence-electron chi connectivity index (χ2n) is 4.30. The molecule has 0 saturated heterocycles. The lowest BCUT2D eigenvalue weighted by atomic mass is 9.97. The van der Waals surface area contributed by atoms with Crippen LogP contribution in [0, 0.1) is 10.4 Å².